The van der Waals surface area contributed by atoms with Crippen molar-refractivity contribution in [1.82, 2.24) is 19.6 Å². The second-order valence-electron chi connectivity index (χ2n) is 7.09. The zero-order valence-corrected chi connectivity index (χ0v) is 16.0. The molecule has 30 heavy (non-hydrogen) atoms. The zero-order chi connectivity index (χ0) is 19.9. The fourth-order valence-electron chi connectivity index (χ4n) is 3.63. The van der Waals surface area contributed by atoms with Crippen molar-refractivity contribution in [3.8, 4) is 34.3 Å². The lowest BCUT2D eigenvalue weighted by atomic mass is 10.1. The first-order valence-electron chi connectivity index (χ1n) is 9.85. The van der Waals surface area contributed by atoms with Gasteiger partial charge in [-0.05, 0) is 36.4 Å². The van der Waals surface area contributed by atoms with E-state index in [0.29, 0.717) is 37.2 Å². The van der Waals surface area contributed by atoms with Crippen LogP contribution in [0.3, 0.4) is 0 Å². The van der Waals surface area contributed by atoms with E-state index in [9.17, 15) is 0 Å². The van der Waals surface area contributed by atoms with Gasteiger partial charge in [0.15, 0.2) is 34.9 Å². The van der Waals surface area contributed by atoms with E-state index in [1.165, 1.54) is 0 Å². The first kappa shape index (κ1) is 17.1. The Balaban J connectivity index is 1.38. The van der Waals surface area contributed by atoms with Crippen LogP contribution in [0, 0.1) is 0 Å². The van der Waals surface area contributed by atoms with Crippen LogP contribution in [0.25, 0.3) is 17.0 Å². The number of ether oxygens (including phenoxy) is 4. The molecular weight excluding hydrogens is 384 g/mol. The van der Waals surface area contributed by atoms with Crippen molar-refractivity contribution in [2.75, 3.05) is 19.8 Å². The zero-order valence-electron chi connectivity index (χ0n) is 16.0. The van der Waals surface area contributed by atoms with Crippen LogP contribution < -0.4 is 18.9 Å². The molecule has 4 heterocycles. The molecule has 0 spiro atoms. The fourth-order valence-corrected chi connectivity index (χ4v) is 3.63. The molecule has 0 bridgehead atoms. The number of hydrogen-bond acceptors (Lipinski definition) is 7. The highest BCUT2D eigenvalue weighted by Crippen LogP contribution is 2.36. The number of fused-ring (bicyclic) bond motifs is 3. The Kier molecular flexibility index (Phi) is 3.93. The Morgan fingerprint density at radius 2 is 1.70 bits per heavy atom. The Morgan fingerprint density at radius 1 is 0.867 bits per heavy atom. The summed E-state index contributed by atoms with van der Waals surface area (Å²) in [6, 6.07) is 15.4. The molecule has 1 atom stereocenters. The molecule has 6 rings (SSSR count). The van der Waals surface area contributed by atoms with Gasteiger partial charge in [0.05, 0.1) is 18.9 Å². The third kappa shape index (κ3) is 2.88. The van der Waals surface area contributed by atoms with Gasteiger partial charge in [-0.15, -0.1) is 5.10 Å². The number of benzene rings is 2. The minimum atomic E-state index is -0.404. The lowest BCUT2D eigenvalue weighted by molar-refractivity contribution is 0.0852. The quantitative estimate of drug-likeness (QED) is 0.508. The van der Waals surface area contributed by atoms with E-state index in [1.54, 1.807) is 10.7 Å². The third-order valence-electron chi connectivity index (χ3n) is 5.10. The Hall–Kier alpha value is -3.81. The van der Waals surface area contributed by atoms with Crippen LogP contribution in [0.2, 0.25) is 0 Å². The van der Waals surface area contributed by atoms with Gasteiger partial charge >= 0.3 is 0 Å². The summed E-state index contributed by atoms with van der Waals surface area (Å²) in [6.07, 6.45) is 2.18. The normalized spacial score (nSPS) is 17.5. The number of para-hydroxylation sites is 2. The highest BCUT2D eigenvalue weighted by Gasteiger charge is 2.27. The molecule has 0 aliphatic carbocycles. The van der Waals surface area contributed by atoms with Gasteiger partial charge in [0.2, 0.25) is 0 Å². The van der Waals surface area contributed by atoms with Gasteiger partial charge in [0, 0.05) is 18.2 Å². The van der Waals surface area contributed by atoms with Crippen molar-refractivity contribution < 1.29 is 18.9 Å². The molecular formula is C22H18N4O4. The van der Waals surface area contributed by atoms with E-state index in [1.807, 2.05) is 48.5 Å². The number of rotatable bonds is 2. The first-order valence-corrected chi connectivity index (χ1v) is 9.85. The molecule has 2 aromatic carbocycles. The standard InChI is InChI=1S/C22H18N4O4/c1-2-5-18-16(4-1)29-13-20(30-18)21-24-22-23-9-8-15(26(22)25-21)14-6-7-17-19(12-14)28-11-3-10-27-17/h1-2,4-9,12,20H,3,10-11,13H2/t20-/m1/s1. The molecule has 4 aromatic rings. The molecule has 8 nitrogen and oxygen atoms in total. The maximum absolute atomic E-state index is 6.05. The molecule has 0 saturated heterocycles. The minimum absolute atomic E-state index is 0.341. The van der Waals surface area contributed by atoms with Crippen LogP contribution in [0.1, 0.15) is 18.3 Å². The number of hydrogen-bond donors (Lipinski definition) is 0. The van der Waals surface area contributed by atoms with Crippen LogP contribution >= 0.6 is 0 Å². The molecule has 0 radical (unpaired) electrons. The van der Waals surface area contributed by atoms with Crippen LogP contribution in [0.5, 0.6) is 23.0 Å². The van der Waals surface area contributed by atoms with Gasteiger partial charge in [0.25, 0.3) is 5.78 Å². The van der Waals surface area contributed by atoms with E-state index in [-0.39, 0.29) is 0 Å². The molecule has 150 valence electrons. The van der Waals surface area contributed by atoms with Crippen molar-refractivity contribution in [3.63, 3.8) is 0 Å². The number of aromatic nitrogens is 4. The molecule has 0 N–H and O–H groups in total. The molecule has 2 aliphatic rings. The van der Waals surface area contributed by atoms with Crippen LogP contribution in [0.15, 0.2) is 54.7 Å². The molecule has 0 saturated carbocycles. The topological polar surface area (TPSA) is 80.0 Å². The molecule has 0 amide bonds. The minimum Gasteiger partial charge on any atom is -0.490 e. The average molecular weight is 402 g/mol. The Labute approximate surface area is 172 Å². The smallest absolute Gasteiger partial charge is 0.253 e. The molecule has 2 aromatic heterocycles. The van der Waals surface area contributed by atoms with E-state index >= 15 is 0 Å². The molecule has 2 aliphatic heterocycles. The van der Waals surface area contributed by atoms with E-state index in [4.69, 9.17) is 18.9 Å². The van der Waals surface area contributed by atoms with E-state index in [2.05, 4.69) is 15.1 Å². The van der Waals surface area contributed by atoms with Gasteiger partial charge in [-0.3, -0.25) is 0 Å². The van der Waals surface area contributed by atoms with E-state index in [0.717, 1.165) is 34.9 Å². The highest BCUT2D eigenvalue weighted by atomic mass is 16.6. The monoisotopic (exact) mass is 402 g/mol. The second-order valence-corrected chi connectivity index (χ2v) is 7.09. The summed E-state index contributed by atoms with van der Waals surface area (Å²) in [5.74, 6) is 3.92. The Bertz CT molecular complexity index is 1240. The van der Waals surface area contributed by atoms with Crippen molar-refractivity contribution in [1.29, 1.82) is 0 Å². The highest BCUT2D eigenvalue weighted by molar-refractivity contribution is 5.65. The SMILES string of the molecule is c1ccc2c(c1)OC[C@H](c1nc3nccc(-c4ccc5c(c4)OCCCO5)n3n1)O2. The van der Waals surface area contributed by atoms with Gasteiger partial charge in [-0.1, -0.05) is 12.1 Å². The first-order chi connectivity index (χ1) is 14.8. The summed E-state index contributed by atoms with van der Waals surface area (Å²) >= 11 is 0. The van der Waals surface area contributed by atoms with Crippen molar-refractivity contribution in [3.05, 3.63) is 60.6 Å². The summed E-state index contributed by atoms with van der Waals surface area (Å²) in [5.41, 5.74) is 1.79. The average Bonchev–Trinajstić information content (AvgIpc) is 3.10. The van der Waals surface area contributed by atoms with Crippen LogP contribution in [-0.2, 0) is 0 Å². The van der Waals surface area contributed by atoms with Gasteiger partial charge in [-0.2, -0.15) is 9.50 Å². The van der Waals surface area contributed by atoms with Gasteiger partial charge in [-0.25, -0.2) is 4.98 Å². The summed E-state index contributed by atoms with van der Waals surface area (Å²) in [5, 5.41) is 4.68. The summed E-state index contributed by atoms with van der Waals surface area (Å²) in [7, 11) is 0. The van der Waals surface area contributed by atoms with Crippen LogP contribution in [0.4, 0.5) is 0 Å². The summed E-state index contributed by atoms with van der Waals surface area (Å²) in [4.78, 5) is 8.94. The largest absolute Gasteiger partial charge is 0.490 e. The second kappa shape index (κ2) is 6.91. The van der Waals surface area contributed by atoms with Crippen molar-refractivity contribution in [2.45, 2.75) is 12.5 Å². The lowest BCUT2D eigenvalue weighted by Gasteiger charge is -2.24. The molecule has 0 unspecified atom stereocenters. The van der Waals surface area contributed by atoms with E-state index < -0.39 is 6.10 Å². The van der Waals surface area contributed by atoms with Gasteiger partial charge in [0.1, 0.15) is 6.61 Å². The maximum atomic E-state index is 6.05. The van der Waals surface area contributed by atoms with Gasteiger partial charge < -0.3 is 18.9 Å². The predicted octanol–water partition coefficient (Wildman–Crippen LogP) is 3.47. The predicted molar refractivity (Wildman–Crippen MR) is 107 cm³/mol. The summed E-state index contributed by atoms with van der Waals surface area (Å²) in [6.45, 7) is 1.63. The molecule has 8 heteroatoms. The molecule has 0 fully saturated rings. The third-order valence-corrected chi connectivity index (χ3v) is 5.10. The number of nitrogens with zero attached hydrogens (tertiary/aromatic N) is 4. The maximum Gasteiger partial charge on any atom is 0.253 e. The van der Waals surface area contributed by atoms with Crippen molar-refractivity contribution >= 4 is 5.78 Å². The van der Waals surface area contributed by atoms with Crippen molar-refractivity contribution in [2.24, 2.45) is 0 Å². The summed E-state index contributed by atoms with van der Waals surface area (Å²) < 4.78 is 25.2. The Morgan fingerprint density at radius 3 is 2.63 bits per heavy atom. The lowest BCUT2D eigenvalue weighted by Crippen LogP contribution is -2.22. The van der Waals surface area contributed by atoms with Crippen LogP contribution in [-0.4, -0.2) is 39.4 Å². The fraction of sp³-hybridized carbons (Fsp3) is 0.227.